The Labute approximate surface area is 121 Å². The highest BCUT2D eigenvalue weighted by molar-refractivity contribution is 6.28. The number of primary amides is 1. The second-order valence-corrected chi connectivity index (χ2v) is 5.52. The summed E-state index contributed by atoms with van der Waals surface area (Å²) in [5, 5.41) is 2.59. The quantitative estimate of drug-likeness (QED) is 0.642. The molecule has 0 saturated heterocycles. The molecule has 1 rings (SSSR count). The molecule has 1 aromatic heterocycles. The number of hydrogen-bond acceptors (Lipinski definition) is 6. The summed E-state index contributed by atoms with van der Waals surface area (Å²) in [4.78, 5) is 30.5. The Balaban J connectivity index is 2.97. The first-order valence-electron chi connectivity index (χ1n) is 5.92. The molecule has 0 aliphatic carbocycles. The first-order valence-corrected chi connectivity index (χ1v) is 6.30. The number of carbonyl (C=O) groups is 2. The van der Waals surface area contributed by atoms with Gasteiger partial charge in [0.2, 0.25) is 11.2 Å². The highest BCUT2D eigenvalue weighted by Gasteiger charge is 2.21. The summed E-state index contributed by atoms with van der Waals surface area (Å²) in [6.07, 6.45) is 0. The minimum atomic E-state index is -0.660. The monoisotopic (exact) mass is 300 g/mol. The number of amides is 1. The summed E-state index contributed by atoms with van der Waals surface area (Å²) in [6.45, 7) is 6.78. The Morgan fingerprint density at radius 1 is 1.40 bits per heavy atom. The molecule has 1 amide bonds. The molecule has 7 nitrogen and oxygen atoms in total. The lowest BCUT2D eigenvalue weighted by Crippen LogP contribution is -2.33. The molecule has 0 bridgehead atoms. The summed E-state index contributed by atoms with van der Waals surface area (Å²) < 4.78 is 5.18. The number of esters is 1. The smallest absolute Gasteiger partial charge is 0.357 e. The normalized spacial score (nSPS) is 12.7. The van der Waals surface area contributed by atoms with Gasteiger partial charge in [0.15, 0.2) is 5.69 Å². The third-order valence-electron chi connectivity index (χ3n) is 2.10. The topological polar surface area (TPSA) is 107 Å². The molecule has 0 aliphatic rings. The van der Waals surface area contributed by atoms with Crippen LogP contribution in [-0.2, 0) is 9.53 Å². The largest absolute Gasteiger partial charge is 0.455 e. The Kier molecular flexibility index (Phi) is 4.88. The van der Waals surface area contributed by atoms with Crippen LogP contribution in [-0.4, -0.2) is 33.5 Å². The lowest BCUT2D eigenvalue weighted by atomic mass is 10.2. The van der Waals surface area contributed by atoms with Gasteiger partial charge in [0.1, 0.15) is 17.5 Å². The lowest BCUT2D eigenvalue weighted by molar-refractivity contribution is -0.118. The van der Waals surface area contributed by atoms with Gasteiger partial charge >= 0.3 is 5.97 Å². The Morgan fingerprint density at radius 3 is 2.50 bits per heavy atom. The standard InChI is InChI=1S/C12H17ClN4O3/c1-6(9(14)18)15-8-5-7(16-11(13)17-8)10(19)20-12(2,3)4/h5-6H,1-4H3,(H2,14,18)(H,15,16,17). The van der Waals surface area contributed by atoms with Crippen LogP contribution >= 0.6 is 11.6 Å². The summed E-state index contributed by atoms with van der Waals surface area (Å²) in [7, 11) is 0. The minimum Gasteiger partial charge on any atom is -0.455 e. The molecule has 1 unspecified atom stereocenters. The zero-order chi connectivity index (χ0) is 15.5. The van der Waals surface area contributed by atoms with Crippen molar-refractivity contribution in [3.63, 3.8) is 0 Å². The number of halogens is 1. The van der Waals surface area contributed by atoms with Crippen molar-refractivity contribution in [1.82, 2.24) is 9.97 Å². The first kappa shape index (κ1) is 16.2. The molecular formula is C12H17ClN4O3. The molecule has 0 spiro atoms. The maximum absolute atomic E-state index is 11.9. The van der Waals surface area contributed by atoms with Crippen LogP contribution in [0, 0.1) is 0 Å². The molecule has 0 saturated carbocycles. The van der Waals surface area contributed by atoms with Crippen molar-refractivity contribution in [2.75, 3.05) is 5.32 Å². The fourth-order valence-electron chi connectivity index (χ4n) is 1.22. The molecule has 0 aliphatic heterocycles. The Bertz CT molecular complexity index is 528. The number of hydrogen-bond donors (Lipinski definition) is 2. The lowest BCUT2D eigenvalue weighted by Gasteiger charge is -2.19. The molecule has 0 fully saturated rings. The van der Waals surface area contributed by atoms with E-state index >= 15 is 0 Å². The van der Waals surface area contributed by atoms with Gasteiger partial charge in [-0.15, -0.1) is 0 Å². The van der Waals surface area contributed by atoms with E-state index in [0.717, 1.165) is 0 Å². The highest BCUT2D eigenvalue weighted by Crippen LogP contribution is 2.15. The van der Waals surface area contributed by atoms with Crippen molar-refractivity contribution in [2.45, 2.75) is 39.3 Å². The van der Waals surface area contributed by atoms with Crippen molar-refractivity contribution in [1.29, 1.82) is 0 Å². The Morgan fingerprint density at radius 2 is 2.00 bits per heavy atom. The van der Waals surface area contributed by atoms with Crippen molar-refractivity contribution < 1.29 is 14.3 Å². The number of nitrogens with two attached hydrogens (primary N) is 1. The summed E-state index contributed by atoms with van der Waals surface area (Å²) >= 11 is 5.74. The summed E-state index contributed by atoms with van der Waals surface area (Å²) in [6, 6.07) is 0.687. The maximum atomic E-state index is 11.9. The molecular weight excluding hydrogens is 284 g/mol. The minimum absolute atomic E-state index is 0.000838. The first-order chi connectivity index (χ1) is 9.08. The van der Waals surface area contributed by atoms with Crippen LogP contribution in [0.15, 0.2) is 6.07 Å². The van der Waals surface area contributed by atoms with E-state index in [9.17, 15) is 9.59 Å². The predicted octanol–water partition coefficient (Wildman–Crippen LogP) is 1.37. The van der Waals surface area contributed by atoms with Crippen LogP contribution in [0.2, 0.25) is 5.28 Å². The third kappa shape index (κ3) is 5.00. The van der Waals surface area contributed by atoms with Crippen molar-refractivity contribution in [3.05, 3.63) is 17.0 Å². The van der Waals surface area contributed by atoms with Gasteiger partial charge in [0.05, 0.1) is 0 Å². The van der Waals surface area contributed by atoms with E-state index in [4.69, 9.17) is 22.1 Å². The number of nitrogens with zero attached hydrogens (tertiary/aromatic N) is 2. The number of anilines is 1. The molecule has 1 aromatic rings. The van der Waals surface area contributed by atoms with E-state index < -0.39 is 23.5 Å². The van der Waals surface area contributed by atoms with Crippen molar-refractivity contribution >= 4 is 29.3 Å². The molecule has 1 heterocycles. The van der Waals surface area contributed by atoms with Gasteiger partial charge in [-0.25, -0.2) is 14.8 Å². The number of carbonyl (C=O) groups excluding carboxylic acids is 2. The average molecular weight is 301 g/mol. The number of rotatable bonds is 4. The average Bonchev–Trinajstić information content (AvgIpc) is 2.25. The van der Waals surface area contributed by atoms with Gasteiger partial charge in [0.25, 0.3) is 0 Å². The SMILES string of the molecule is CC(Nc1cc(C(=O)OC(C)(C)C)nc(Cl)n1)C(N)=O. The predicted molar refractivity (Wildman–Crippen MR) is 74.5 cm³/mol. The van der Waals surface area contributed by atoms with Crippen LogP contribution in [0.25, 0.3) is 0 Å². The van der Waals surface area contributed by atoms with Crippen molar-refractivity contribution in [3.8, 4) is 0 Å². The van der Waals surface area contributed by atoms with Gasteiger partial charge < -0.3 is 15.8 Å². The zero-order valence-electron chi connectivity index (χ0n) is 11.7. The van der Waals surface area contributed by atoms with Crippen LogP contribution in [0.3, 0.4) is 0 Å². The van der Waals surface area contributed by atoms with Gasteiger partial charge in [-0.1, -0.05) is 0 Å². The second kappa shape index (κ2) is 6.04. The molecule has 8 heteroatoms. The maximum Gasteiger partial charge on any atom is 0.357 e. The van der Waals surface area contributed by atoms with E-state index in [1.54, 1.807) is 27.7 Å². The van der Waals surface area contributed by atoms with E-state index in [0.29, 0.717) is 0 Å². The number of ether oxygens (including phenoxy) is 1. The molecule has 0 radical (unpaired) electrons. The van der Waals surface area contributed by atoms with Crippen LogP contribution < -0.4 is 11.1 Å². The van der Waals surface area contributed by atoms with E-state index in [1.807, 2.05) is 0 Å². The molecule has 1 atom stereocenters. The highest BCUT2D eigenvalue weighted by atomic mass is 35.5. The summed E-state index contributed by atoms with van der Waals surface area (Å²) in [5.41, 5.74) is 4.48. The molecule has 0 aromatic carbocycles. The third-order valence-corrected chi connectivity index (χ3v) is 2.27. The van der Waals surface area contributed by atoms with E-state index in [1.165, 1.54) is 6.07 Å². The van der Waals surface area contributed by atoms with Crippen LogP contribution in [0.4, 0.5) is 5.82 Å². The van der Waals surface area contributed by atoms with Gasteiger partial charge in [0, 0.05) is 6.07 Å². The number of nitrogens with one attached hydrogen (secondary N) is 1. The van der Waals surface area contributed by atoms with Crippen molar-refractivity contribution in [2.24, 2.45) is 5.73 Å². The molecule has 20 heavy (non-hydrogen) atoms. The fourth-order valence-corrected chi connectivity index (χ4v) is 1.40. The second-order valence-electron chi connectivity index (χ2n) is 5.18. The molecule has 110 valence electrons. The van der Waals surface area contributed by atoms with Gasteiger partial charge in [-0.05, 0) is 39.3 Å². The Hall–Kier alpha value is -1.89. The van der Waals surface area contributed by atoms with Gasteiger partial charge in [-0.3, -0.25) is 4.79 Å². The fraction of sp³-hybridized carbons (Fsp3) is 0.500. The zero-order valence-corrected chi connectivity index (χ0v) is 12.5. The molecule has 3 N–H and O–H groups in total. The summed E-state index contributed by atoms with van der Waals surface area (Å²) in [5.74, 6) is -0.965. The van der Waals surface area contributed by atoms with Crippen LogP contribution in [0.1, 0.15) is 38.2 Å². The van der Waals surface area contributed by atoms with E-state index in [-0.39, 0.29) is 16.8 Å². The number of aromatic nitrogens is 2. The van der Waals surface area contributed by atoms with Gasteiger partial charge in [-0.2, -0.15) is 0 Å². The van der Waals surface area contributed by atoms with Crippen LogP contribution in [0.5, 0.6) is 0 Å². The van der Waals surface area contributed by atoms with E-state index in [2.05, 4.69) is 15.3 Å².